The fraction of sp³-hybridized carbons (Fsp3) is 0.444. The summed E-state index contributed by atoms with van der Waals surface area (Å²) < 4.78 is 0. The summed E-state index contributed by atoms with van der Waals surface area (Å²) in [6, 6.07) is 13.5. The Kier molecular flexibility index (Phi) is 4.54. The van der Waals surface area contributed by atoms with Crippen LogP contribution in [0.5, 0.6) is 0 Å². The molecule has 1 aromatic carbocycles. The first-order valence-electron chi connectivity index (χ1n) is 7.64. The zero-order chi connectivity index (χ0) is 13.8. The molecule has 1 aromatic heterocycles. The van der Waals surface area contributed by atoms with Crippen LogP contribution in [-0.2, 0) is 6.42 Å². The highest BCUT2D eigenvalue weighted by molar-refractivity contribution is 7.10. The van der Waals surface area contributed by atoms with E-state index in [4.69, 9.17) is 0 Å². The number of benzene rings is 1. The van der Waals surface area contributed by atoms with Crippen molar-refractivity contribution in [3.05, 3.63) is 57.8 Å². The lowest BCUT2D eigenvalue weighted by Crippen LogP contribution is -2.20. The smallest absolute Gasteiger partial charge is 0.00890 e. The van der Waals surface area contributed by atoms with Crippen molar-refractivity contribution >= 4 is 11.3 Å². The van der Waals surface area contributed by atoms with Gasteiger partial charge in [0, 0.05) is 17.3 Å². The van der Waals surface area contributed by atoms with E-state index in [0.717, 1.165) is 12.5 Å². The topological polar surface area (TPSA) is 12.0 Å². The quantitative estimate of drug-likeness (QED) is 0.849. The third-order valence-corrected chi connectivity index (χ3v) is 5.49. The van der Waals surface area contributed by atoms with Gasteiger partial charge in [0.15, 0.2) is 0 Å². The minimum absolute atomic E-state index is 0.649. The summed E-state index contributed by atoms with van der Waals surface area (Å²) in [5.74, 6) is 1.39. The molecule has 2 unspecified atom stereocenters. The number of hydrogen-bond donors (Lipinski definition) is 1. The van der Waals surface area contributed by atoms with E-state index in [1.807, 2.05) is 11.3 Å². The first-order valence-corrected chi connectivity index (χ1v) is 8.52. The van der Waals surface area contributed by atoms with Gasteiger partial charge in [0.05, 0.1) is 0 Å². The average molecular weight is 285 g/mol. The van der Waals surface area contributed by atoms with Gasteiger partial charge in [-0.3, -0.25) is 0 Å². The summed E-state index contributed by atoms with van der Waals surface area (Å²) in [7, 11) is 2.06. The van der Waals surface area contributed by atoms with Crippen molar-refractivity contribution in [2.24, 2.45) is 0 Å². The summed E-state index contributed by atoms with van der Waals surface area (Å²) in [5, 5.41) is 5.58. The third-order valence-electron chi connectivity index (χ3n) is 4.46. The molecule has 0 saturated carbocycles. The van der Waals surface area contributed by atoms with Gasteiger partial charge in [-0.25, -0.2) is 0 Å². The zero-order valence-corrected chi connectivity index (χ0v) is 13.0. The zero-order valence-electron chi connectivity index (χ0n) is 12.1. The first-order chi connectivity index (χ1) is 9.88. The van der Waals surface area contributed by atoms with Crippen LogP contribution in [0.4, 0.5) is 0 Å². The fourth-order valence-electron chi connectivity index (χ4n) is 3.51. The van der Waals surface area contributed by atoms with Gasteiger partial charge in [-0.15, -0.1) is 11.3 Å². The summed E-state index contributed by atoms with van der Waals surface area (Å²) in [6.07, 6.45) is 5.24. The van der Waals surface area contributed by atoms with Gasteiger partial charge in [-0.2, -0.15) is 0 Å². The maximum absolute atomic E-state index is 3.38. The van der Waals surface area contributed by atoms with Crippen LogP contribution in [0.3, 0.4) is 0 Å². The van der Waals surface area contributed by atoms with E-state index in [9.17, 15) is 0 Å². The van der Waals surface area contributed by atoms with E-state index >= 15 is 0 Å². The van der Waals surface area contributed by atoms with E-state index in [1.54, 1.807) is 11.1 Å². The van der Waals surface area contributed by atoms with Gasteiger partial charge in [-0.05, 0) is 61.2 Å². The van der Waals surface area contributed by atoms with Crippen molar-refractivity contribution in [2.75, 3.05) is 13.6 Å². The van der Waals surface area contributed by atoms with E-state index in [0.29, 0.717) is 5.92 Å². The molecular formula is C18H23NS. The van der Waals surface area contributed by atoms with Gasteiger partial charge < -0.3 is 5.32 Å². The maximum Gasteiger partial charge on any atom is 0.00890 e. The lowest BCUT2D eigenvalue weighted by atomic mass is 9.78. The predicted octanol–water partition coefficient (Wildman–Crippen LogP) is 4.56. The molecule has 0 spiro atoms. The monoisotopic (exact) mass is 285 g/mol. The Morgan fingerprint density at radius 3 is 2.95 bits per heavy atom. The summed E-state index contributed by atoms with van der Waals surface area (Å²) in [5.41, 5.74) is 3.19. The molecule has 1 heterocycles. The molecule has 0 bridgehead atoms. The minimum Gasteiger partial charge on any atom is -0.319 e. The predicted molar refractivity (Wildman–Crippen MR) is 87.7 cm³/mol. The Morgan fingerprint density at radius 2 is 2.15 bits per heavy atom. The SMILES string of the molecule is CNCC(CC1CCCc2ccccc21)c1cccs1. The highest BCUT2D eigenvalue weighted by Gasteiger charge is 2.24. The summed E-state index contributed by atoms with van der Waals surface area (Å²) in [4.78, 5) is 1.53. The van der Waals surface area contributed by atoms with Gasteiger partial charge >= 0.3 is 0 Å². The van der Waals surface area contributed by atoms with Crippen molar-refractivity contribution in [1.82, 2.24) is 5.32 Å². The molecule has 0 radical (unpaired) electrons. The van der Waals surface area contributed by atoms with Crippen molar-refractivity contribution in [3.63, 3.8) is 0 Å². The molecule has 3 rings (SSSR count). The Balaban J connectivity index is 1.79. The molecular weight excluding hydrogens is 262 g/mol. The second-order valence-corrected chi connectivity index (χ2v) is 6.77. The summed E-state index contributed by atoms with van der Waals surface area (Å²) >= 11 is 1.90. The molecule has 0 fully saturated rings. The van der Waals surface area contributed by atoms with Gasteiger partial charge in [0.2, 0.25) is 0 Å². The van der Waals surface area contributed by atoms with E-state index in [-0.39, 0.29) is 0 Å². The highest BCUT2D eigenvalue weighted by Crippen LogP contribution is 2.39. The number of rotatable bonds is 5. The van der Waals surface area contributed by atoms with Crippen molar-refractivity contribution in [2.45, 2.75) is 37.5 Å². The van der Waals surface area contributed by atoms with Crippen LogP contribution in [-0.4, -0.2) is 13.6 Å². The molecule has 0 aliphatic heterocycles. The molecule has 2 aromatic rings. The van der Waals surface area contributed by atoms with Crippen LogP contribution in [0, 0.1) is 0 Å². The van der Waals surface area contributed by atoms with Crippen molar-refractivity contribution in [1.29, 1.82) is 0 Å². The molecule has 2 atom stereocenters. The molecule has 20 heavy (non-hydrogen) atoms. The average Bonchev–Trinajstić information content (AvgIpc) is 3.01. The van der Waals surface area contributed by atoms with Gasteiger partial charge in [0.25, 0.3) is 0 Å². The van der Waals surface area contributed by atoms with Crippen LogP contribution in [0.25, 0.3) is 0 Å². The van der Waals surface area contributed by atoms with Crippen molar-refractivity contribution in [3.8, 4) is 0 Å². The highest BCUT2D eigenvalue weighted by atomic mass is 32.1. The molecule has 0 saturated heterocycles. The van der Waals surface area contributed by atoms with Gasteiger partial charge in [0.1, 0.15) is 0 Å². The Hall–Kier alpha value is -1.12. The Bertz CT molecular complexity index is 532. The van der Waals surface area contributed by atoms with Crippen LogP contribution in [0.1, 0.15) is 47.1 Å². The van der Waals surface area contributed by atoms with Crippen LogP contribution in [0.2, 0.25) is 0 Å². The molecule has 1 N–H and O–H groups in total. The molecule has 106 valence electrons. The second-order valence-electron chi connectivity index (χ2n) is 5.79. The number of likely N-dealkylation sites (N-methyl/N-ethyl adjacent to an activating group) is 1. The van der Waals surface area contributed by atoms with E-state index in [1.165, 1.54) is 30.6 Å². The number of thiophene rings is 1. The molecule has 0 amide bonds. The molecule has 1 nitrogen and oxygen atoms in total. The lowest BCUT2D eigenvalue weighted by Gasteiger charge is -2.28. The van der Waals surface area contributed by atoms with Gasteiger partial charge in [-0.1, -0.05) is 30.3 Å². The minimum atomic E-state index is 0.649. The number of fused-ring (bicyclic) bond motifs is 1. The number of nitrogens with one attached hydrogen (secondary N) is 1. The lowest BCUT2D eigenvalue weighted by molar-refractivity contribution is 0.463. The largest absolute Gasteiger partial charge is 0.319 e. The molecule has 2 heteroatoms. The Labute approximate surface area is 126 Å². The van der Waals surface area contributed by atoms with Crippen LogP contribution in [0.15, 0.2) is 41.8 Å². The number of hydrogen-bond acceptors (Lipinski definition) is 2. The number of aryl methyl sites for hydroxylation is 1. The normalized spacial score (nSPS) is 19.6. The van der Waals surface area contributed by atoms with Crippen molar-refractivity contribution < 1.29 is 0 Å². The molecule has 1 aliphatic rings. The first kappa shape index (κ1) is 13.8. The van der Waals surface area contributed by atoms with E-state index < -0.39 is 0 Å². The van der Waals surface area contributed by atoms with E-state index in [2.05, 4.69) is 54.1 Å². The standard InChI is InChI=1S/C18H23NS/c1-19-13-16(18-10-5-11-20-18)12-15-8-4-7-14-6-2-3-9-17(14)15/h2-3,5-6,9-11,15-16,19H,4,7-8,12-13H2,1H3. The second kappa shape index (κ2) is 6.55. The third kappa shape index (κ3) is 2.97. The van der Waals surface area contributed by atoms with Crippen LogP contribution < -0.4 is 5.32 Å². The fourth-order valence-corrected chi connectivity index (χ4v) is 4.36. The maximum atomic E-state index is 3.38. The molecule has 1 aliphatic carbocycles. The Morgan fingerprint density at radius 1 is 1.25 bits per heavy atom. The van der Waals surface area contributed by atoms with Crippen LogP contribution >= 0.6 is 11.3 Å². The summed E-state index contributed by atoms with van der Waals surface area (Å²) in [6.45, 7) is 1.08.